The Morgan fingerprint density at radius 3 is 1.82 bits per heavy atom. The molecule has 2 heteroatoms. The normalized spacial score (nSPS) is 12.1. The van der Waals surface area contributed by atoms with Crippen molar-refractivity contribution in [2.24, 2.45) is 0 Å². The first-order valence-corrected chi connectivity index (χ1v) is 12.0. The third-order valence-corrected chi connectivity index (χ3v) is 5.62. The SMILES string of the molecule is CCCCCCCCCCCCC(CC)OC(=O)c1ccc(CCCC)cc1. The van der Waals surface area contributed by atoms with Crippen molar-refractivity contribution in [2.75, 3.05) is 0 Å². The van der Waals surface area contributed by atoms with Gasteiger partial charge in [-0.1, -0.05) is 97.1 Å². The van der Waals surface area contributed by atoms with Crippen LogP contribution in [0.2, 0.25) is 0 Å². The van der Waals surface area contributed by atoms with E-state index in [0.29, 0.717) is 5.56 Å². The molecule has 0 saturated carbocycles. The zero-order valence-electron chi connectivity index (χ0n) is 18.8. The van der Waals surface area contributed by atoms with E-state index in [1.165, 1.54) is 76.2 Å². The molecular formula is C26H44O2. The van der Waals surface area contributed by atoms with Gasteiger partial charge in [-0.15, -0.1) is 0 Å². The van der Waals surface area contributed by atoms with Crippen LogP contribution in [0.3, 0.4) is 0 Å². The monoisotopic (exact) mass is 388 g/mol. The van der Waals surface area contributed by atoms with Crippen LogP contribution >= 0.6 is 0 Å². The van der Waals surface area contributed by atoms with Gasteiger partial charge in [-0.3, -0.25) is 0 Å². The molecule has 0 N–H and O–H groups in total. The second kappa shape index (κ2) is 16.6. The zero-order chi connectivity index (χ0) is 20.5. The lowest BCUT2D eigenvalue weighted by Gasteiger charge is -2.16. The Kier molecular flexibility index (Phi) is 14.7. The van der Waals surface area contributed by atoms with Gasteiger partial charge >= 0.3 is 5.97 Å². The number of ether oxygens (including phenoxy) is 1. The summed E-state index contributed by atoms with van der Waals surface area (Å²) in [6.45, 7) is 6.58. The van der Waals surface area contributed by atoms with Crippen molar-refractivity contribution in [1.29, 1.82) is 0 Å². The molecule has 1 rings (SSSR count). The lowest BCUT2D eigenvalue weighted by atomic mass is 10.0. The molecule has 0 spiro atoms. The van der Waals surface area contributed by atoms with Gasteiger partial charge in [0.1, 0.15) is 6.10 Å². The number of carbonyl (C=O) groups is 1. The van der Waals surface area contributed by atoms with Crippen LogP contribution in [0.25, 0.3) is 0 Å². The molecule has 2 nitrogen and oxygen atoms in total. The topological polar surface area (TPSA) is 26.3 Å². The average molecular weight is 389 g/mol. The maximum atomic E-state index is 12.4. The van der Waals surface area contributed by atoms with E-state index >= 15 is 0 Å². The molecule has 0 aliphatic heterocycles. The highest BCUT2D eigenvalue weighted by Crippen LogP contribution is 2.16. The minimum absolute atomic E-state index is 0.0568. The Balaban J connectivity index is 2.17. The highest BCUT2D eigenvalue weighted by atomic mass is 16.5. The van der Waals surface area contributed by atoms with Crippen LogP contribution in [0, 0.1) is 0 Å². The molecule has 0 bridgehead atoms. The number of rotatable bonds is 17. The number of hydrogen-bond donors (Lipinski definition) is 0. The van der Waals surface area contributed by atoms with E-state index in [1.807, 2.05) is 12.1 Å². The molecular weight excluding hydrogens is 344 g/mol. The van der Waals surface area contributed by atoms with E-state index in [-0.39, 0.29) is 12.1 Å². The number of hydrogen-bond acceptors (Lipinski definition) is 2. The lowest BCUT2D eigenvalue weighted by Crippen LogP contribution is -2.17. The second-order valence-electron chi connectivity index (χ2n) is 8.21. The smallest absolute Gasteiger partial charge is 0.338 e. The maximum absolute atomic E-state index is 12.4. The summed E-state index contributed by atoms with van der Waals surface area (Å²) >= 11 is 0. The van der Waals surface area contributed by atoms with E-state index in [0.717, 1.165) is 25.7 Å². The summed E-state index contributed by atoms with van der Waals surface area (Å²) in [5.41, 5.74) is 1.98. The number of benzene rings is 1. The van der Waals surface area contributed by atoms with E-state index in [9.17, 15) is 4.79 Å². The Hall–Kier alpha value is -1.31. The molecule has 1 atom stereocenters. The largest absolute Gasteiger partial charge is 0.459 e. The Morgan fingerprint density at radius 1 is 0.750 bits per heavy atom. The molecule has 0 heterocycles. The Labute approximate surface area is 174 Å². The molecule has 0 aromatic heterocycles. The van der Waals surface area contributed by atoms with Gasteiger partial charge in [-0.2, -0.15) is 0 Å². The fourth-order valence-corrected chi connectivity index (χ4v) is 3.61. The summed E-state index contributed by atoms with van der Waals surface area (Å²) in [6.07, 6.45) is 18.8. The molecule has 1 aromatic carbocycles. The molecule has 0 radical (unpaired) electrons. The third kappa shape index (κ3) is 11.5. The summed E-state index contributed by atoms with van der Waals surface area (Å²) in [5, 5.41) is 0. The van der Waals surface area contributed by atoms with Crippen LogP contribution in [-0.4, -0.2) is 12.1 Å². The van der Waals surface area contributed by atoms with Crippen molar-refractivity contribution >= 4 is 5.97 Å². The van der Waals surface area contributed by atoms with Crippen LogP contribution in [0.15, 0.2) is 24.3 Å². The zero-order valence-corrected chi connectivity index (χ0v) is 18.8. The number of aryl methyl sites for hydroxylation is 1. The van der Waals surface area contributed by atoms with E-state index in [4.69, 9.17) is 4.74 Å². The van der Waals surface area contributed by atoms with Crippen LogP contribution in [0.4, 0.5) is 0 Å². The van der Waals surface area contributed by atoms with Gasteiger partial charge in [0.15, 0.2) is 0 Å². The van der Waals surface area contributed by atoms with Crippen molar-refractivity contribution in [3.63, 3.8) is 0 Å². The first kappa shape index (κ1) is 24.7. The molecule has 28 heavy (non-hydrogen) atoms. The molecule has 160 valence electrons. The summed E-state index contributed by atoms with van der Waals surface area (Å²) in [7, 11) is 0. The molecule has 0 aliphatic rings. The van der Waals surface area contributed by atoms with Gasteiger partial charge in [0.25, 0.3) is 0 Å². The molecule has 0 fully saturated rings. The molecule has 0 saturated heterocycles. The molecule has 1 unspecified atom stereocenters. The van der Waals surface area contributed by atoms with Crippen molar-refractivity contribution < 1.29 is 9.53 Å². The van der Waals surface area contributed by atoms with Crippen LogP contribution in [-0.2, 0) is 11.2 Å². The Bertz CT molecular complexity index is 492. The highest BCUT2D eigenvalue weighted by molar-refractivity contribution is 5.89. The van der Waals surface area contributed by atoms with Crippen LogP contribution < -0.4 is 0 Å². The van der Waals surface area contributed by atoms with Crippen molar-refractivity contribution in [2.45, 2.75) is 123 Å². The molecule has 0 amide bonds. The maximum Gasteiger partial charge on any atom is 0.338 e. The summed E-state index contributed by atoms with van der Waals surface area (Å²) in [6, 6.07) is 7.96. The minimum Gasteiger partial charge on any atom is -0.459 e. The van der Waals surface area contributed by atoms with Crippen LogP contribution in [0.1, 0.15) is 127 Å². The first-order chi connectivity index (χ1) is 13.7. The first-order valence-electron chi connectivity index (χ1n) is 12.0. The number of carbonyl (C=O) groups excluding carboxylic acids is 1. The van der Waals surface area contributed by atoms with Gasteiger partial charge in [-0.05, 0) is 49.8 Å². The fourth-order valence-electron chi connectivity index (χ4n) is 3.61. The molecule has 1 aromatic rings. The van der Waals surface area contributed by atoms with E-state index < -0.39 is 0 Å². The van der Waals surface area contributed by atoms with Gasteiger partial charge in [0, 0.05) is 0 Å². The Morgan fingerprint density at radius 2 is 1.29 bits per heavy atom. The predicted octanol–water partition coefficient (Wildman–Crippen LogP) is 8.28. The van der Waals surface area contributed by atoms with Crippen LogP contribution in [0.5, 0.6) is 0 Å². The quantitative estimate of drug-likeness (QED) is 0.198. The standard InChI is InChI=1S/C26H44O2/c1-4-7-9-10-11-12-13-14-15-16-18-25(6-3)28-26(27)24-21-19-23(20-22-24)17-8-5-2/h19-22,25H,4-18H2,1-3H3. The predicted molar refractivity (Wildman–Crippen MR) is 121 cm³/mol. The van der Waals surface area contributed by atoms with Crippen molar-refractivity contribution in [3.05, 3.63) is 35.4 Å². The second-order valence-corrected chi connectivity index (χ2v) is 8.21. The van der Waals surface area contributed by atoms with Gasteiger partial charge < -0.3 is 4.74 Å². The fraction of sp³-hybridized carbons (Fsp3) is 0.731. The van der Waals surface area contributed by atoms with Gasteiger partial charge in [0.05, 0.1) is 5.56 Å². The van der Waals surface area contributed by atoms with E-state index in [2.05, 4.69) is 32.9 Å². The minimum atomic E-state index is -0.166. The summed E-state index contributed by atoms with van der Waals surface area (Å²) < 4.78 is 5.75. The van der Waals surface area contributed by atoms with E-state index in [1.54, 1.807) is 0 Å². The average Bonchev–Trinajstić information content (AvgIpc) is 2.72. The van der Waals surface area contributed by atoms with Crippen molar-refractivity contribution in [3.8, 4) is 0 Å². The molecule has 0 aliphatic carbocycles. The number of unbranched alkanes of at least 4 members (excludes halogenated alkanes) is 10. The van der Waals surface area contributed by atoms with Gasteiger partial charge in [-0.25, -0.2) is 4.79 Å². The lowest BCUT2D eigenvalue weighted by molar-refractivity contribution is 0.0267. The van der Waals surface area contributed by atoms with Gasteiger partial charge in [0.2, 0.25) is 0 Å². The highest BCUT2D eigenvalue weighted by Gasteiger charge is 2.14. The number of esters is 1. The third-order valence-electron chi connectivity index (χ3n) is 5.62. The summed E-state index contributed by atoms with van der Waals surface area (Å²) in [4.78, 5) is 12.4. The summed E-state index contributed by atoms with van der Waals surface area (Å²) in [5.74, 6) is -0.166. The van der Waals surface area contributed by atoms with Crippen molar-refractivity contribution in [1.82, 2.24) is 0 Å².